The Balaban J connectivity index is 1.96. The molecule has 0 saturated heterocycles. The van der Waals surface area contributed by atoms with E-state index in [2.05, 4.69) is 5.32 Å². The molecule has 7 heteroatoms. The van der Waals surface area contributed by atoms with Crippen molar-refractivity contribution in [1.29, 1.82) is 0 Å². The van der Waals surface area contributed by atoms with Gasteiger partial charge in [-0.05, 0) is 24.3 Å². The molecule has 0 aromatic heterocycles. The van der Waals surface area contributed by atoms with E-state index in [1.165, 1.54) is 25.1 Å². The average Bonchev–Trinajstić information content (AvgIpc) is 2.61. The van der Waals surface area contributed by atoms with Gasteiger partial charge in [-0.3, -0.25) is 9.59 Å². The number of halogens is 2. The fourth-order valence-corrected chi connectivity index (χ4v) is 2.60. The first-order valence-electron chi connectivity index (χ1n) is 8.03. The van der Waals surface area contributed by atoms with Crippen LogP contribution in [0, 0.1) is 5.82 Å². The van der Waals surface area contributed by atoms with E-state index in [-0.39, 0.29) is 29.8 Å². The molecule has 0 unspecified atom stereocenters. The van der Waals surface area contributed by atoms with E-state index in [9.17, 15) is 14.0 Å². The van der Waals surface area contributed by atoms with E-state index >= 15 is 0 Å². The van der Waals surface area contributed by atoms with Gasteiger partial charge in [0.15, 0.2) is 0 Å². The topological polar surface area (TPSA) is 58.6 Å². The molecule has 0 bridgehead atoms. The molecule has 0 heterocycles. The van der Waals surface area contributed by atoms with Crippen LogP contribution in [-0.2, 0) is 16.1 Å². The van der Waals surface area contributed by atoms with Gasteiger partial charge in [0.2, 0.25) is 11.8 Å². The van der Waals surface area contributed by atoms with Crippen molar-refractivity contribution in [3.05, 3.63) is 58.9 Å². The average molecular weight is 379 g/mol. The van der Waals surface area contributed by atoms with Gasteiger partial charge < -0.3 is 15.0 Å². The van der Waals surface area contributed by atoms with Crippen LogP contribution in [-0.4, -0.2) is 30.4 Å². The van der Waals surface area contributed by atoms with Crippen molar-refractivity contribution in [3.63, 3.8) is 0 Å². The number of para-hydroxylation sites is 1. The van der Waals surface area contributed by atoms with Crippen molar-refractivity contribution in [2.45, 2.75) is 19.9 Å². The number of nitrogens with one attached hydrogen (secondary N) is 1. The highest BCUT2D eigenvalue weighted by Gasteiger charge is 2.14. The lowest BCUT2D eigenvalue weighted by atomic mass is 10.2. The number of hydrogen-bond donors (Lipinski definition) is 1. The predicted molar refractivity (Wildman–Crippen MR) is 98.7 cm³/mol. The number of methoxy groups -OCH3 is 1. The summed E-state index contributed by atoms with van der Waals surface area (Å²) in [5.74, 6) is -0.305. The maximum atomic E-state index is 13.1. The number of hydrogen-bond acceptors (Lipinski definition) is 3. The Labute approximate surface area is 156 Å². The fraction of sp³-hybridized carbons (Fsp3) is 0.263. The summed E-state index contributed by atoms with van der Waals surface area (Å²) < 4.78 is 18.4. The van der Waals surface area contributed by atoms with Crippen molar-refractivity contribution in [2.75, 3.05) is 19.0 Å². The smallest absolute Gasteiger partial charge is 0.226 e. The molecule has 2 aromatic rings. The lowest BCUT2D eigenvalue weighted by molar-refractivity contribution is -0.129. The molecule has 0 atom stereocenters. The number of ether oxygens (including phenoxy) is 1. The number of nitrogens with zero attached hydrogens (tertiary/aromatic N) is 1. The van der Waals surface area contributed by atoms with Gasteiger partial charge in [-0.1, -0.05) is 29.8 Å². The number of benzene rings is 2. The number of rotatable bonds is 7. The Bertz CT molecular complexity index is 798. The third-order valence-electron chi connectivity index (χ3n) is 3.81. The predicted octanol–water partition coefficient (Wildman–Crippen LogP) is 3.87. The number of amides is 2. The van der Waals surface area contributed by atoms with Crippen LogP contribution in [0.25, 0.3) is 0 Å². The number of anilines is 1. The third-order valence-corrected chi connectivity index (χ3v) is 4.10. The van der Waals surface area contributed by atoms with E-state index in [0.29, 0.717) is 18.0 Å². The summed E-state index contributed by atoms with van der Waals surface area (Å²) in [5, 5.41) is 2.57. The Morgan fingerprint density at radius 1 is 1.23 bits per heavy atom. The highest BCUT2D eigenvalue weighted by atomic mass is 35.5. The number of carbonyl (C=O) groups is 2. The van der Waals surface area contributed by atoms with Crippen molar-refractivity contribution >= 4 is 29.1 Å². The minimum absolute atomic E-state index is 0.0654. The molecule has 2 rings (SSSR count). The second kappa shape index (κ2) is 9.20. The minimum atomic E-state index is -0.552. The van der Waals surface area contributed by atoms with Gasteiger partial charge in [-0.25, -0.2) is 4.39 Å². The summed E-state index contributed by atoms with van der Waals surface area (Å²) in [6.45, 7) is 2.04. The monoisotopic (exact) mass is 378 g/mol. The Hall–Kier alpha value is -2.60. The number of carbonyl (C=O) groups excluding carboxylic acids is 2. The van der Waals surface area contributed by atoms with Gasteiger partial charge in [-0.15, -0.1) is 0 Å². The summed E-state index contributed by atoms with van der Waals surface area (Å²) >= 11 is 5.69. The second-order valence-electron chi connectivity index (χ2n) is 5.68. The van der Waals surface area contributed by atoms with Gasteiger partial charge in [0.25, 0.3) is 0 Å². The zero-order valence-corrected chi connectivity index (χ0v) is 15.3. The van der Waals surface area contributed by atoms with Crippen LogP contribution in [0.5, 0.6) is 5.75 Å². The standard InChI is InChI=1S/C19H20ClFN2O3/c1-13(24)23(12-14-5-3-4-6-18(14)26-2)10-9-19(25)22-15-7-8-17(21)16(20)11-15/h3-8,11H,9-10,12H2,1-2H3,(H,22,25). The highest BCUT2D eigenvalue weighted by molar-refractivity contribution is 6.31. The zero-order chi connectivity index (χ0) is 19.1. The summed E-state index contributed by atoms with van der Waals surface area (Å²) in [4.78, 5) is 25.6. The van der Waals surface area contributed by atoms with Crippen LogP contribution in [0.1, 0.15) is 18.9 Å². The van der Waals surface area contributed by atoms with Crippen LogP contribution < -0.4 is 10.1 Å². The van der Waals surface area contributed by atoms with Gasteiger partial charge in [0.05, 0.1) is 12.1 Å². The van der Waals surface area contributed by atoms with Crippen LogP contribution in [0.4, 0.5) is 10.1 Å². The maximum Gasteiger partial charge on any atom is 0.226 e. The lowest BCUT2D eigenvalue weighted by Crippen LogP contribution is -2.31. The molecule has 0 spiro atoms. The van der Waals surface area contributed by atoms with Gasteiger partial charge in [-0.2, -0.15) is 0 Å². The summed E-state index contributed by atoms with van der Waals surface area (Å²) in [6.07, 6.45) is 0.101. The highest BCUT2D eigenvalue weighted by Crippen LogP contribution is 2.21. The molecule has 2 amide bonds. The SMILES string of the molecule is COc1ccccc1CN(CCC(=O)Nc1ccc(F)c(Cl)c1)C(C)=O. The van der Waals surface area contributed by atoms with E-state index < -0.39 is 5.82 Å². The second-order valence-corrected chi connectivity index (χ2v) is 6.09. The molecule has 0 aliphatic heterocycles. The molecule has 0 aliphatic carbocycles. The van der Waals surface area contributed by atoms with Crippen LogP contribution in [0.2, 0.25) is 5.02 Å². The molecule has 2 aromatic carbocycles. The summed E-state index contributed by atoms with van der Waals surface area (Å²) in [6, 6.07) is 11.3. The minimum Gasteiger partial charge on any atom is -0.496 e. The van der Waals surface area contributed by atoms with Crippen molar-refractivity contribution < 1.29 is 18.7 Å². The van der Waals surface area contributed by atoms with Crippen LogP contribution >= 0.6 is 11.6 Å². The fourth-order valence-electron chi connectivity index (χ4n) is 2.42. The molecular formula is C19H20ClFN2O3. The molecule has 0 saturated carbocycles. The molecule has 0 fully saturated rings. The Morgan fingerprint density at radius 3 is 2.62 bits per heavy atom. The molecule has 138 valence electrons. The molecule has 1 N–H and O–H groups in total. The largest absolute Gasteiger partial charge is 0.496 e. The normalized spacial score (nSPS) is 10.3. The van der Waals surface area contributed by atoms with E-state index in [0.717, 1.165) is 5.56 Å². The van der Waals surface area contributed by atoms with Crippen molar-refractivity contribution in [3.8, 4) is 5.75 Å². The third kappa shape index (κ3) is 5.46. The van der Waals surface area contributed by atoms with Gasteiger partial charge in [0.1, 0.15) is 11.6 Å². The summed E-state index contributed by atoms with van der Waals surface area (Å²) in [5.41, 5.74) is 1.26. The first-order chi connectivity index (χ1) is 12.4. The molecule has 0 aliphatic rings. The van der Waals surface area contributed by atoms with Crippen LogP contribution in [0.15, 0.2) is 42.5 Å². The van der Waals surface area contributed by atoms with Gasteiger partial charge in [0, 0.05) is 37.7 Å². The zero-order valence-electron chi connectivity index (χ0n) is 14.6. The molecule has 0 radical (unpaired) electrons. The molecular weight excluding hydrogens is 359 g/mol. The Kier molecular flexibility index (Phi) is 6.97. The molecule has 5 nitrogen and oxygen atoms in total. The Morgan fingerprint density at radius 2 is 1.96 bits per heavy atom. The lowest BCUT2D eigenvalue weighted by Gasteiger charge is -2.22. The van der Waals surface area contributed by atoms with Crippen molar-refractivity contribution in [2.24, 2.45) is 0 Å². The van der Waals surface area contributed by atoms with E-state index in [1.54, 1.807) is 12.0 Å². The van der Waals surface area contributed by atoms with Gasteiger partial charge >= 0.3 is 0 Å². The molecule has 26 heavy (non-hydrogen) atoms. The first-order valence-corrected chi connectivity index (χ1v) is 8.41. The van der Waals surface area contributed by atoms with E-state index in [4.69, 9.17) is 16.3 Å². The van der Waals surface area contributed by atoms with Crippen molar-refractivity contribution in [1.82, 2.24) is 4.90 Å². The summed E-state index contributed by atoms with van der Waals surface area (Å²) in [7, 11) is 1.57. The van der Waals surface area contributed by atoms with Crippen LogP contribution in [0.3, 0.4) is 0 Å². The first kappa shape index (κ1) is 19.7. The van der Waals surface area contributed by atoms with E-state index in [1.807, 2.05) is 24.3 Å². The maximum absolute atomic E-state index is 13.1. The quantitative estimate of drug-likeness (QED) is 0.795.